The molecular formula is C13H17N3O. The molecule has 2 N–H and O–H groups in total. The number of nitrogens with two attached hydrogens (primary N) is 1. The van der Waals surface area contributed by atoms with Gasteiger partial charge in [-0.25, -0.2) is 0 Å². The van der Waals surface area contributed by atoms with Crippen molar-refractivity contribution in [1.29, 1.82) is 0 Å². The molecular weight excluding hydrogens is 214 g/mol. The summed E-state index contributed by atoms with van der Waals surface area (Å²) in [6.45, 7) is 2.04. The van der Waals surface area contributed by atoms with Crippen molar-refractivity contribution in [1.82, 2.24) is 9.78 Å². The summed E-state index contributed by atoms with van der Waals surface area (Å²) in [5.41, 5.74) is 9.07. The summed E-state index contributed by atoms with van der Waals surface area (Å²) >= 11 is 0. The van der Waals surface area contributed by atoms with E-state index in [1.54, 1.807) is 11.8 Å². The Morgan fingerprint density at radius 2 is 2.12 bits per heavy atom. The van der Waals surface area contributed by atoms with Crippen LogP contribution in [-0.4, -0.2) is 16.9 Å². The highest BCUT2D eigenvalue weighted by molar-refractivity contribution is 5.39. The first-order valence-electron chi connectivity index (χ1n) is 5.52. The third-order valence-corrected chi connectivity index (χ3v) is 2.81. The topological polar surface area (TPSA) is 53.1 Å². The maximum Gasteiger partial charge on any atom is 0.121 e. The van der Waals surface area contributed by atoms with Crippen molar-refractivity contribution in [2.75, 3.05) is 12.8 Å². The highest BCUT2D eigenvalue weighted by atomic mass is 16.5. The minimum Gasteiger partial charge on any atom is -0.496 e. The molecule has 0 amide bonds. The quantitative estimate of drug-likeness (QED) is 0.878. The Labute approximate surface area is 101 Å². The molecule has 1 aromatic heterocycles. The van der Waals surface area contributed by atoms with Gasteiger partial charge in [-0.2, -0.15) is 5.10 Å². The van der Waals surface area contributed by atoms with Gasteiger partial charge in [0.1, 0.15) is 11.6 Å². The van der Waals surface area contributed by atoms with Crippen LogP contribution in [-0.2, 0) is 13.5 Å². The van der Waals surface area contributed by atoms with Crippen molar-refractivity contribution >= 4 is 5.82 Å². The Morgan fingerprint density at radius 3 is 2.65 bits per heavy atom. The second kappa shape index (κ2) is 4.49. The molecule has 1 aromatic carbocycles. The zero-order valence-corrected chi connectivity index (χ0v) is 10.4. The zero-order chi connectivity index (χ0) is 12.4. The molecule has 0 saturated carbocycles. The third kappa shape index (κ3) is 2.41. The molecule has 0 spiro atoms. The fraction of sp³-hybridized carbons (Fsp3) is 0.308. The van der Waals surface area contributed by atoms with Crippen molar-refractivity contribution in [3.63, 3.8) is 0 Å². The van der Waals surface area contributed by atoms with Crippen LogP contribution in [0.1, 0.15) is 16.8 Å². The van der Waals surface area contributed by atoms with Crippen LogP contribution in [0, 0.1) is 6.92 Å². The number of aromatic nitrogens is 2. The summed E-state index contributed by atoms with van der Waals surface area (Å²) in [7, 11) is 3.53. The van der Waals surface area contributed by atoms with Crippen molar-refractivity contribution in [2.24, 2.45) is 7.05 Å². The fourth-order valence-corrected chi connectivity index (χ4v) is 1.89. The molecule has 4 nitrogen and oxygen atoms in total. The van der Waals surface area contributed by atoms with Crippen molar-refractivity contribution in [3.05, 3.63) is 41.1 Å². The zero-order valence-electron chi connectivity index (χ0n) is 10.4. The lowest BCUT2D eigenvalue weighted by Crippen LogP contribution is -1.97. The SMILES string of the molecule is COc1ccc(Cc2cc(N)n(C)n2)cc1C. The molecule has 0 fully saturated rings. The number of anilines is 1. The maximum atomic E-state index is 5.75. The Hall–Kier alpha value is -1.97. The summed E-state index contributed by atoms with van der Waals surface area (Å²) in [5.74, 6) is 1.60. The van der Waals surface area contributed by atoms with E-state index < -0.39 is 0 Å². The van der Waals surface area contributed by atoms with Gasteiger partial charge in [-0.1, -0.05) is 12.1 Å². The third-order valence-electron chi connectivity index (χ3n) is 2.81. The molecule has 17 heavy (non-hydrogen) atoms. The van der Waals surface area contributed by atoms with E-state index in [9.17, 15) is 0 Å². The number of aryl methyl sites for hydroxylation is 2. The lowest BCUT2D eigenvalue weighted by Gasteiger charge is -2.06. The minimum atomic E-state index is 0.685. The molecule has 1 heterocycles. The standard InChI is InChI=1S/C13H17N3O/c1-9-6-10(4-5-12(9)17-3)7-11-8-13(14)16(2)15-11/h4-6,8H,7,14H2,1-3H3. The van der Waals surface area contributed by atoms with Gasteiger partial charge in [-0.3, -0.25) is 4.68 Å². The molecule has 4 heteroatoms. The van der Waals surface area contributed by atoms with E-state index in [1.807, 2.05) is 26.1 Å². The molecule has 90 valence electrons. The molecule has 0 radical (unpaired) electrons. The lowest BCUT2D eigenvalue weighted by molar-refractivity contribution is 0.411. The Balaban J connectivity index is 2.21. The summed E-state index contributed by atoms with van der Waals surface area (Å²) in [6.07, 6.45) is 0.788. The van der Waals surface area contributed by atoms with Crippen LogP contribution >= 0.6 is 0 Å². The first kappa shape index (κ1) is 11.5. The number of hydrogen-bond acceptors (Lipinski definition) is 3. The van der Waals surface area contributed by atoms with Crippen molar-refractivity contribution in [2.45, 2.75) is 13.3 Å². The van der Waals surface area contributed by atoms with E-state index in [-0.39, 0.29) is 0 Å². The van der Waals surface area contributed by atoms with Crippen molar-refractivity contribution in [3.8, 4) is 5.75 Å². The van der Waals surface area contributed by atoms with E-state index in [0.717, 1.165) is 23.4 Å². The summed E-state index contributed by atoms with van der Waals surface area (Å²) in [5, 5.41) is 4.34. The van der Waals surface area contributed by atoms with Gasteiger partial charge in [0.15, 0.2) is 0 Å². The summed E-state index contributed by atoms with van der Waals surface area (Å²) in [4.78, 5) is 0. The van der Waals surface area contributed by atoms with Gasteiger partial charge in [0.05, 0.1) is 12.8 Å². The first-order valence-corrected chi connectivity index (χ1v) is 5.52. The van der Waals surface area contributed by atoms with Gasteiger partial charge >= 0.3 is 0 Å². The van der Waals surface area contributed by atoms with Gasteiger partial charge in [0.25, 0.3) is 0 Å². The van der Waals surface area contributed by atoms with Crippen LogP contribution < -0.4 is 10.5 Å². The predicted molar refractivity (Wildman–Crippen MR) is 68.2 cm³/mol. The van der Waals surface area contributed by atoms with E-state index in [2.05, 4.69) is 17.2 Å². The van der Waals surface area contributed by atoms with Crippen LogP contribution in [0.15, 0.2) is 24.3 Å². The highest BCUT2D eigenvalue weighted by Gasteiger charge is 2.05. The maximum absolute atomic E-state index is 5.75. The van der Waals surface area contributed by atoms with Gasteiger partial charge in [-0.15, -0.1) is 0 Å². The van der Waals surface area contributed by atoms with Gasteiger partial charge in [-0.05, 0) is 24.1 Å². The van der Waals surface area contributed by atoms with Gasteiger partial charge in [0, 0.05) is 19.5 Å². The molecule has 2 aromatic rings. The molecule has 0 aliphatic rings. The van der Waals surface area contributed by atoms with Crippen LogP contribution in [0.2, 0.25) is 0 Å². The van der Waals surface area contributed by atoms with Gasteiger partial charge in [0.2, 0.25) is 0 Å². The predicted octanol–water partition coefficient (Wildman–Crippen LogP) is 1.91. The average molecular weight is 231 g/mol. The van der Waals surface area contributed by atoms with Crippen LogP contribution in [0.3, 0.4) is 0 Å². The van der Waals surface area contributed by atoms with Crippen LogP contribution in [0.4, 0.5) is 5.82 Å². The lowest BCUT2D eigenvalue weighted by atomic mass is 10.1. The minimum absolute atomic E-state index is 0.685. The summed E-state index contributed by atoms with van der Waals surface area (Å²) in [6, 6.07) is 8.05. The number of benzene rings is 1. The summed E-state index contributed by atoms with van der Waals surface area (Å²) < 4.78 is 6.92. The molecule has 0 atom stereocenters. The second-order valence-electron chi connectivity index (χ2n) is 4.16. The molecule has 0 aliphatic carbocycles. The number of methoxy groups -OCH3 is 1. The molecule has 0 bridgehead atoms. The molecule has 0 aliphatic heterocycles. The Kier molecular flexibility index (Phi) is 3.04. The Morgan fingerprint density at radius 1 is 1.35 bits per heavy atom. The van der Waals surface area contributed by atoms with Crippen LogP contribution in [0.25, 0.3) is 0 Å². The van der Waals surface area contributed by atoms with E-state index in [4.69, 9.17) is 10.5 Å². The second-order valence-corrected chi connectivity index (χ2v) is 4.16. The fourth-order valence-electron chi connectivity index (χ4n) is 1.89. The normalized spacial score (nSPS) is 10.5. The molecule has 2 rings (SSSR count). The molecule has 0 unspecified atom stereocenters. The molecule has 0 saturated heterocycles. The smallest absolute Gasteiger partial charge is 0.121 e. The Bertz CT molecular complexity index is 512. The number of hydrogen-bond donors (Lipinski definition) is 1. The van der Waals surface area contributed by atoms with E-state index in [0.29, 0.717) is 5.82 Å². The first-order chi connectivity index (χ1) is 8.10. The average Bonchev–Trinajstić information content (AvgIpc) is 2.58. The number of nitrogens with zero attached hydrogens (tertiary/aromatic N) is 2. The van der Waals surface area contributed by atoms with Gasteiger partial charge < -0.3 is 10.5 Å². The van der Waals surface area contributed by atoms with E-state index >= 15 is 0 Å². The monoisotopic (exact) mass is 231 g/mol. The highest BCUT2D eigenvalue weighted by Crippen LogP contribution is 2.20. The van der Waals surface area contributed by atoms with Crippen molar-refractivity contribution < 1.29 is 4.74 Å². The largest absolute Gasteiger partial charge is 0.496 e. The number of rotatable bonds is 3. The number of nitrogen functional groups attached to an aromatic ring is 1. The van der Waals surface area contributed by atoms with Crippen LogP contribution in [0.5, 0.6) is 5.75 Å². The van der Waals surface area contributed by atoms with E-state index in [1.165, 1.54) is 5.56 Å². The number of ether oxygens (including phenoxy) is 1.